The highest BCUT2D eigenvalue weighted by atomic mass is 19.1. The molecule has 1 aliphatic heterocycles. The van der Waals surface area contributed by atoms with E-state index >= 15 is 4.39 Å². The van der Waals surface area contributed by atoms with Crippen molar-refractivity contribution in [2.24, 2.45) is 5.92 Å². The Morgan fingerprint density at radius 3 is 2.69 bits per heavy atom. The second-order valence-corrected chi connectivity index (χ2v) is 11.8. The van der Waals surface area contributed by atoms with Crippen molar-refractivity contribution in [2.75, 3.05) is 26.8 Å². The van der Waals surface area contributed by atoms with Crippen molar-refractivity contribution in [3.05, 3.63) is 47.5 Å². The summed E-state index contributed by atoms with van der Waals surface area (Å²) >= 11 is 0. The lowest BCUT2D eigenvalue weighted by Crippen LogP contribution is -2.55. The van der Waals surface area contributed by atoms with Gasteiger partial charge in [-0.15, -0.1) is 0 Å². The van der Waals surface area contributed by atoms with Crippen LogP contribution in [-0.2, 0) is 20.7 Å². The number of likely N-dealkylation sites (tertiary alicyclic amines) is 1. The van der Waals surface area contributed by atoms with Gasteiger partial charge in [-0.2, -0.15) is 10.4 Å². The first-order valence-corrected chi connectivity index (χ1v) is 14.3. The molecule has 42 heavy (non-hydrogen) atoms. The van der Waals surface area contributed by atoms with Gasteiger partial charge in [0.15, 0.2) is 0 Å². The fourth-order valence-electron chi connectivity index (χ4n) is 5.71. The Morgan fingerprint density at radius 2 is 2.05 bits per heavy atom. The highest BCUT2D eigenvalue weighted by Crippen LogP contribution is 2.43. The summed E-state index contributed by atoms with van der Waals surface area (Å²) in [5.41, 5.74) is 0.308. The number of likely N-dealkylation sites (N-methyl/N-ethyl adjacent to an activating group) is 1. The van der Waals surface area contributed by atoms with Gasteiger partial charge >= 0.3 is 6.09 Å². The highest BCUT2D eigenvalue weighted by molar-refractivity contribution is 5.93. The number of nitrogens with zero attached hydrogens (tertiary/aromatic N) is 5. The maximum atomic E-state index is 15.2. The van der Waals surface area contributed by atoms with Gasteiger partial charge in [-0.25, -0.2) is 13.9 Å². The third-order valence-corrected chi connectivity index (χ3v) is 7.72. The van der Waals surface area contributed by atoms with Crippen LogP contribution in [0, 0.1) is 23.1 Å². The first-order chi connectivity index (χ1) is 19.9. The Hall–Kier alpha value is -3.98. The lowest BCUT2D eigenvalue weighted by molar-refractivity contribution is -0.128. The summed E-state index contributed by atoms with van der Waals surface area (Å²) in [6.07, 6.45) is 4.72. The fourth-order valence-corrected chi connectivity index (χ4v) is 5.71. The molecule has 1 aromatic carbocycles. The van der Waals surface area contributed by atoms with Crippen LogP contribution < -0.4 is 5.32 Å². The number of aromatic nitrogens is 2. The molecule has 0 radical (unpaired) electrons. The van der Waals surface area contributed by atoms with Crippen molar-refractivity contribution in [3.8, 4) is 11.8 Å². The molecule has 4 rings (SSSR count). The maximum absolute atomic E-state index is 15.2. The molecule has 3 amide bonds. The largest absolute Gasteiger partial charge is 0.444 e. The number of carbonyl (C=O) groups is 3. The normalized spacial score (nSPS) is 20.2. The zero-order valence-corrected chi connectivity index (χ0v) is 24.8. The van der Waals surface area contributed by atoms with Gasteiger partial charge in [0.1, 0.15) is 23.5 Å². The van der Waals surface area contributed by atoms with Crippen LogP contribution in [0.5, 0.6) is 0 Å². The molecule has 2 bridgehead atoms. The number of amides is 3. The third-order valence-electron chi connectivity index (χ3n) is 7.72. The first-order valence-electron chi connectivity index (χ1n) is 14.3. The second kappa shape index (κ2) is 12.9. The van der Waals surface area contributed by atoms with Crippen LogP contribution in [0.2, 0.25) is 0 Å². The van der Waals surface area contributed by atoms with Crippen molar-refractivity contribution in [2.45, 2.75) is 77.1 Å². The summed E-state index contributed by atoms with van der Waals surface area (Å²) in [4.78, 5) is 42.2. The summed E-state index contributed by atoms with van der Waals surface area (Å²) < 4.78 is 27.2. The number of hydrogen-bond acceptors (Lipinski definition) is 7. The number of nitrogens with one attached hydrogen (secondary N) is 1. The number of piperidine rings is 1. The van der Waals surface area contributed by atoms with E-state index in [0.717, 1.165) is 19.3 Å². The van der Waals surface area contributed by atoms with Crippen molar-refractivity contribution < 1.29 is 28.2 Å². The van der Waals surface area contributed by atoms with Crippen molar-refractivity contribution in [3.63, 3.8) is 0 Å². The molecule has 2 aromatic rings. The summed E-state index contributed by atoms with van der Waals surface area (Å²) in [6.45, 7) is 8.55. The standard InChI is InChI=1S/C30H39FN6O5/c1-6-35(11-12-41-5)28(39)21-17-33-36(18-21)23-9-7-19(25(31)15-23)13-22(16-32)34-27(38)26-20-8-10-24(14-20)37(26)29(40)42-30(2,3)4/h7,9,15,17-18,20,22,24,26H,6,8,10-14H2,1-5H3,(H,34,38)/t20-,22-,24+,26-/m0/s1. The molecule has 2 fully saturated rings. The molecule has 0 spiro atoms. The zero-order chi connectivity index (χ0) is 30.6. The van der Waals surface area contributed by atoms with Gasteiger partial charge < -0.3 is 19.7 Å². The molecule has 4 atom stereocenters. The maximum Gasteiger partial charge on any atom is 0.411 e. The molecule has 1 aliphatic carbocycles. The van der Waals surface area contributed by atoms with Gasteiger partial charge in [0, 0.05) is 38.9 Å². The predicted molar refractivity (Wildman–Crippen MR) is 151 cm³/mol. The minimum absolute atomic E-state index is 0.00638. The molecule has 2 aliphatic rings. The molecule has 1 N–H and O–H groups in total. The lowest BCUT2D eigenvalue weighted by atomic mass is 9.97. The SMILES string of the molecule is CCN(CCOC)C(=O)c1cnn(-c2ccc(C[C@@H](C#N)NC(=O)[C@@H]3[C@H]4CC[C@H](C4)N3C(=O)OC(C)(C)C)c(F)c2)c1. The average Bonchev–Trinajstić information content (AvgIpc) is 3.69. The zero-order valence-electron chi connectivity index (χ0n) is 24.8. The number of carbonyl (C=O) groups excluding carboxylic acids is 3. The number of nitriles is 1. The molecular formula is C30H39FN6O5. The van der Waals surface area contributed by atoms with E-state index in [4.69, 9.17) is 9.47 Å². The van der Waals surface area contributed by atoms with E-state index in [1.165, 1.54) is 34.1 Å². The van der Waals surface area contributed by atoms with Gasteiger partial charge in [-0.1, -0.05) is 6.07 Å². The first kappa shape index (κ1) is 31.0. The summed E-state index contributed by atoms with van der Waals surface area (Å²) in [5.74, 6) is -1.22. The van der Waals surface area contributed by atoms with Crippen LogP contribution in [0.4, 0.5) is 9.18 Å². The fraction of sp³-hybridized carbons (Fsp3) is 0.567. The summed E-state index contributed by atoms with van der Waals surface area (Å²) in [6, 6.07) is 4.70. The molecule has 2 heterocycles. The van der Waals surface area contributed by atoms with Gasteiger partial charge in [-0.3, -0.25) is 14.5 Å². The predicted octanol–water partition coefficient (Wildman–Crippen LogP) is 3.46. The summed E-state index contributed by atoms with van der Waals surface area (Å²) in [7, 11) is 1.57. The molecule has 1 saturated carbocycles. The quantitative estimate of drug-likeness (QED) is 0.454. The van der Waals surface area contributed by atoms with E-state index in [9.17, 15) is 19.6 Å². The monoisotopic (exact) mass is 582 g/mol. The molecule has 1 aromatic heterocycles. The van der Waals surface area contributed by atoms with Crippen LogP contribution >= 0.6 is 0 Å². The van der Waals surface area contributed by atoms with Crippen LogP contribution in [0.1, 0.15) is 62.9 Å². The number of halogens is 1. The molecule has 1 saturated heterocycles. The van der Waals surface area contributed by atoms with Crippen LogP contribution in [0.3, 0.4) is 0 Å². The lowest BCUT2D eigenvalue weighted by Gasteiger charge is -2.35. The van der Waals surface area contributed by atoms with Crippen LogP contribution in [0.25, 0.3) is 5.69 Å². The second-order valence-electron chi connectivity index (χ2n) is 11.8. The minimum Gasteiger partial charge on any atom is -0.444 e. The number of methoxy groups -OCH3 is 1. The smallest absolute Gasteiger partial charge is 0.411 e. The molecule has 11 nitrogen and oxygen atoms in total. The third kappa shape index (κ3) is 6.90. The van der Waals surface area contributed by atoms with Crippen LogP contribution in [-0.4, -0.2) is 88.0 Å². The Kier molecular flexibility index (Phi) is 9.51. The van der Waals surface area contributed by atoms with Crippen molar-refractivity contribution >= 4 is 17.9 Å². The number of rotatable bonds is 10. The average molecular weight is 583 g/mol. The van der Waals surface area contributed by atoms with E-state index < -0.39 is 35.5 Å². The number of fused-ring (bicyclic) bond motifs is 2. The van der Waals surface area contributed by atoms with E-state index in [-0.39, 0.29) is 29.9 Å². The highest BCUT2D eigenvalue weighted by Gasteiger charge is 2.52. The van der Waals surface area contributed by atoms with E-state index in [0.29, 0.717) is 30.9 Å². The number of ether oxygens (including phenoxy) is 2. The van der Waals surface area contributed by atoms with Gasteiger partial charge in [0.2, 0.25) is 5.91 Å². The molecule has 0 unspecified atom stereocenters. The Labute approximate surface area is 245 Å². The minimum atomic E-state index is -1.00. The van der Waals surface area contributed by atoms with Gasteiger partial charge in [-0.05, 0) is 70.6 Å². The Morgan fingerprint density at radius 1 is 1.29 bits per heavy atom. The number of benzene rings is 1. The summed E-state index contributed by atoms with van der Waals surface area (Å²) in [5, 5.41) is 16.7. The van der Waals surface area contributed by atoms with Crippen molar-refractivity contribution in [1.29, 1.82) is 5.26 Å². The molecule has 12 heteroatoms. The Bertz CT molecular complexity index is 1350. The number of hydrogen-bond donors (Lipinski definition) is 1. The van der Waals surface area contributed by atoms with E-state index in [1.54, 1.807) is 38.8 Å². The van der Waals surface area contributed by atoms with Crippen molar-refractivity contribution in [1.82, 2.24) is 24.9 Å². The van der Waals surface area contributed by atoms with Gasteiger partial charge in [0.05, 0.1) is 30.1 Å². The van der Waals surface area contributed by atoms with E-state index in [2.05, 4.69) is 10.4 Å². The molecule has 226 valence electrons. The molecular weight excluding hydrogens is 543 g/mol. The van der Waals surface area contributed by atoms with E-state index in [1.807, 2.05) is 13.0 Å². The van der Waals surface area contributed by atoms with Gasteiger partial charge in [0.25, 0.3) is 5.91 Å². The topological polar surface area (TPSA) is 130 Å². The Balaban J connectivity index is 1.42. The van der Waals surface area contributed by atoms with Crippen LogP contribution in [0.15, 0.2) is 30.6 Å².